The first-order chi connectivity index (χ1) is 9.77. The third kappa shape index (κ3) is 6.85. The van der Waals surface area contributed by atoms with E-state index in [1.165, 1.54) is 24.2 Å². The number of guanidine groups is 1. The van der Waals surface area contributed by atoms with Crippen LogP contribution in [0.15, 0.2) is 35.3 Å². The number of nitrogens with one attached hydrogen (secondary N) is 2. The van der Waals surface area contributed by atoms with Gasteiger partial charge in [0.25, 0.3) is 0 Å². The van der Waals surface area contributed by atoms with Gasteiger partial charge in [0.1, 0.15) is 0 Å². The van der Waals surface area contributed by atoms with Crippen LogP contribution in [-0.2, 0) is 0 Å². The Kier molecular flexibility index (Phi) is 8.96. The highest BCUT2D eigenvalue weighted by atomic mass is 32.2. The van der Waals surface area contributed by atoms with E-state index in [1.807, 2.05) is 18.8 Å². The summed E-state index contributed by atoms with van der Waals surface area (Å²) in [4.78, 5) is 4.26. The molecule has 1 atom stereocenters. The molecule has 0 spiro atoms. The average molecular weight is 293 g/mol. The van der Waals surface area contributed by atoms with Crippen molar-refractivity contribution in [1.82, 2.24) is 10.6 Å². The summed E-state index contributed by atoms with van der Waals surface area (Å²) in [6.07, 6.45) is 4.60. The third-order valence-electron chi connectivity index (χ3n) is 3.24. The van der Waals surface area contributed by atoms with E-state index in [1.54, 1.807) is 0 Å². The second kappa shape index (κ2) is 10.6. The number of nitrogens with zero attached hydrogens (tertiary/aromatic N) is 1. The number of aliphatic imine (C=N–C) groups is 1. The Hall–Kier alpha value is -1.16. The fourth-order valence-electron chi connectivity index (χ4n) is 1.95. The molecule has 0 amide bonds. The quantitative estimate of drug-likeness (QED) is 0.439. The van der Waals surface area contributed by atoms with Crippen molar-refractivity contribution < 1.29 is 0 Å². The van der Waals surface area contributed by atoms with Crippen LogP contribution in [-0.4, -0.2) is 38.1 Å². The number of unbranched alkanes of at least 4 members (excludes halogenated alkanes) is 1. The Morgan fingerprint density at radius 2 is 1.95 bits per heavy atom. The Labute approximate surface area is 127 Å². The molecule has 1 rings (SSSR count). The molecule has 2 N–H and O–H groups in total. The summed E-state index contributed by atoms with van der Waals surface area (Å²) in [6, 6.07) is 10.6. The maximum atomic E-state index is 4.26. The standard InChI is InChI=1S/C16H27N3S/c1-14(15-9-5-4-6-10-15)13-19-16(17-2)18-11-7-8-12-20-3/h4-6,9-10,14H,7-8,11-13H2,1-3H3,(H2,17,18,19). The van der Waals surface area contributed by atoms with Crippen LogP contribution < -0.4 is 10.6 Å². The zero-order chi connectivity index (χ0) is 14.6. The van der Waals surface area contributed by atoms with Crippen LogP contribution >= 0.6 is 11.8 Å². The Morgan fingerprint density at radius 1 is 1.20 bits per heavy atom. The van der Waals surface area contributed by atoms with E-state index in [-0.39, 0.29) is 0 Å². The van der Waals surface area contributed by atoms with Gasteiger partial charge >= 0.3 is 0 Å². The van der Waals surface area contributed by atoms with Gasteiger partial charge in [0.05, 0.1) is 0 Å². The summed E-state index contributed by atoms with van der Waals surface area (Å²) in [5, 5.41) is 6.76. The fraction of sp³-hybridized carbons (Fsp3) is 0.562. The summed E-state index contributed by atoms with van der Waals surface area (Å²) in [6.45, 7) is 4.11. The molecule has 1 aromatic carbocycles. The van der Waals surface area contributed by atoms with E-state index in [4.69, 9.17) is 0 Å². The maximum absolute atomic E-state index is 4.26. The van der Waals surface area contributed by atoms with Crippen LogP contribution in [0.4, 0.5) is 0 Å². The smallest absolute Gasteiger partial charge is 0.190 e. The van der Waals surface area contributed by atoms with Crippen molar-refractivity contribution >= 4 is 17.7 Å². The lowest BCUT2D eigenvalue weighted by Gasteiger charge is -2.16. The minimum absolute atomic E-state index is 0.478. The van der Waals surface area contributed by atoms with E-state index in [0.29, 0.717) is 5.92 Å². The molecule has 0 aliphatic rings. The van der Waals surface area contributed by atoms with Gasteiger partial charge in [-0.15, -0.1) is 0 Å². The van der Waals surface area contributed by atoms with Gasteiger partial charge in [-0.1, -0.05) is 37.3 Å². The van der Waals surface area contributed by atoms with E-state index in [0.717, 1.165) is 19.0 Å². The predicted molar refractivity (Wildman–Crippen MR) is 91.8 cm³/mol. The molecule has 0 fully saturated rings. The van der Waals surface area contributed by atoms with E-state index < -0.39 is 0 Å². The Balaban J connectivity index is 2.24. The van der Waals surface area contributed by atoms with Crippen molar-refractivity contribution in [1.29, 1.82) is 0 Å². The van der Waals surface area contributed by atoms with Crippen molar-refractivity contribution in [3.8, 4) is 0 Å². The van der Waals surface area contributed by atoms with Gasteiger partial charge in [-0.25, -0.2) is 0 Å². The topological polar surface area (TPSA) is 36.4 Å². The first-order valence-electron chi connectivity index (χ1n) is 7.26. The lowest BCUT2D eigenvalue weighted by Crippen LogP contribution is -2.39. The molecule has 3 nitrogen and oxygen atoms in total. The largest absolute Gasteiger partial charge is 0.356 e. The zero-order valence-electron chi connectivity index (χ0n) is 12.9. The number of hydrogen-bond acceptors (Lipinski definition) is 2. The Morgan fingerprint density at radius 3 is 2.60 bits per heavy atom. The second-order valence-corrected chi connectivity index (χ2v) is 5.88. The highest BCUT2D eigenvalue weighted by Gasteiger charge is 2.05. The molecule has 1 aromatic rings. The van der Waals surface area contributed by atoms with Crippen LogP contribution in [0.5, 0.6) is 0 Å². The van der Waals surface area contributed by atoms with Gasteiger partial charge in [-0.3, -0.25) is 4.99 Å². The summed E-state index contributed by atoms with van der Waals surface area (Å²) < 4.78 is 0. The van der Waals surface area contributed by atoms with Crippen LogP contribution in [0.3, 0.4) is 0 Å². The van der Waals surface area contributed by atoms with E-state index in [9.17, 15) is 0 Å². The highest BCUT2D eigenvalue weighted by Crippen LogP contribution is 2.12. The third-order valence-corrected chi connectivity index (χ3v) is 3.93. The van der Waals surface area contributed by atoms with Crippen LogP contribution in [0.25, 0.3) is 0 Å². The van der Waals surface area contributed by atoms with Crippen molar-refractivity contribution in [3.05, 3.63) is 35.9 Å². The number of thioether (sulfide) groups is 1. The molecule has 0 heterocycles. The van der Waals surface area contributed by atoms with Crippen LogP contribution in [0, 0.1) is 0 Å². The summed E-state index contributed by atoms with van der Waals surface area (Å²) in [7, 11) is 1.82. The van der Waals surface area contributed by atoms with Gasteiger partial charge in [-0.05, 0) is 36.3 Å². The molecule has 0 radical (unpaired) electrons. The van der Waals surface area contributed by atoms with Crippen molar-refractivity contribution in [3.63, 3.8) is 0 Å². The second-order valence-electron chi connectivity index (χ2n) is 4.89. The normalized spacial score (nSPS) is 13.1. The summed E-state index contributed by atoms with van der Waals surface area (Å²) in [5.74, 6) is 2.61. The maximum Gasteiger partial charge on any atom is 0.190 e. The van der Waals surface area contributed by atoms with Gasteiger partial charge < -0.3 is 10.6 Å². The van der Waals surface area contributed by atoms with Crippen molar-refractivity contribution in [2.24, 2.45) is 4.99 Å². The zero-order valence-corrected chi connectivity index (χ0v) is 13.7. The molecule has 112 valence electrons. The van der Waals surface area contributed by atoms with Gasteiger partial charge in [0.2, 0.25) is 0 Å². The minimum Gasteiger partial charge on any atom is -0.356 e. The lowest BCUT2D eigenvalue weighted by atomic mass is 10.0. The Bertz CT molecular complexity index is 379. The van der Waals surface area contributed by atoms with Gasteiger partial charge in [0.15, 0.2) is 5.96 Å². The molecule has 0 aromatic heterocycles. The molecule has 0 aliphatic heterocycles. The summed E-state index contributed by atoms with van der Waals surface area (Å²) in [5.41, 5.74) is 1.36. The lowest BCUT2D eigenvalue weighted by molar-refractivity contribution is 0.686. The molecule has 4 heteroatoms. The number of rotatable bonds is 8. The van der Waals surface area contributed by atoms with Crippen LogP contribution in [0.2, 0.25) is 0 Å². The monoisotopic (exact) mass is 293 g/mol. The van der Waals surface area contributed by atoms with Gasteiger partial charge in [-0.2, -0.15) is 11.8 Å². The SMILES string of the molecule is CN=C(NCCCCSC)NCC(C)c1ccccc1. The molecule has 0 saturated heterocycles. The minimum atomic E-state index is 0.478. The van der Waals surface area contributed by atoms with E-state index in [2.05, 4.69) is 59.1 Å². The van der Waals surface area contributed by atoms with E-state index >= 15 is 0 Å². The first kappa shape index (κ1) is 16.9. The predicted octanol–water partition coefficient (Wildman–Crippen LogP) is 3.10. The molecule has 0 bridgehead atoms. The highest BCUT2D eigenvalue weighted by molar-refractivity contribution is 7.98. The fourth-order valence-corrected chi connectivity index (χ4v) is 2.44. The van der Waals surface area contributed by atoms with Crippen molar-refractivity contribution in [2.45, 2.75) is 25.7 Å². The first-order valence-corrected chi connectivity index (χ1v) is 8.65. The average Bonchev–Trinajstić information content (AvgIpc) is 2.50. The molecule has 0 aliphatic carbocycles. The van der Waals surface area contributed by atoms with Crippen molar-refractivity contribution in [2.75, 3.05) is 32.1 Å². The molecular weight excluding hydrogens is 266 g/mol. The summed E-state index contributed by atoms with van der Waals surface area (Å²) >= 11 is 1.90. The molecular formula is C16H27N3S. The number of benzene rings is 1. The molecule has 0 saturated carbocycles. The molecule has 1 unspecified atom stereocenters. The number of hydrogen-bond donors (Lipinski definition) is 2. The van der Waals surface area contributed by atoms with Crippen LogP contribution in [0.1, 0.15) is 31.2 Å². The van der Waals surface area contributed by atoms with Gasteiger partial charge in [0, 0.05) is 20.1 Å². The molecule has 20 heavy (non-hydrogen) atoms.